The molecule has 0 amide bonds. The Morgan fingerprint density at radius 1 is 0.886 bits per heavy atom. The maximum atomic E-state index is 13.8. The quantitative estimate of drug-likeness (QED) is 0.349. The maximum absolute atomic E-state index is 13.8. The van der Waals surface area contributed by atoms with E-state index >= 15 is 0 Å². The van der Waals surface area contributed by atoms with Crippen LogP contribution in [0.3, 0.4) is 0 Å². The molecule has 35 heavy (non-hydrogen) atoms. The van der Waals surface area contributed by atoms with Crippen LogP contribution in [0.25, 0.3) is 0 Å². The van der Waals surface area contributed by atoms with Gasteiger partial charge < -0.3 is 0 Å². The number of fused-ring (bicyclic) bond motifs is 1. The highest BCUT2D eigenvalue weighted by Gasteiger charge is 2.28. The summed E-state index contributed by atoms with van der Waals surface area (Å²) in [5.74, 6) is 0.683. The summed E-state index contributed by atoms with van der Waals surface area (Å²) >= 11 is 6.48. The Kier molecular flexibility index (Phi) is 6.46. The van der Waals surface area contributed by atoms with Crippen LogP contribution in [0.4, 0.5) is 11.6 Å². The second-order valence-corrected chi connectivity index (χ2v) is 9.68. The van der Waals surface area contributed by atoms with Crippen molar-refractivity contribution in [3.8, 4) is 0 Å². The fourth-order valence-electron chi connectivity index (χ4n) is 4.59. The van der Waals surface area contributed by atoms with Gasteiger partial charge in [-0.2, -0.15) is 0 Å². The van der Waals surface area contributed by atoms with E-state index in [9.17, 15) is 4.79 Å². The summed E-state index contributed by atoms with van der Waals surface area (Å²) in [6, 6.07) is 24.4. The van der Waals surface area contributed by atoms with E-state index in [1.807, 2.05) is 61.5 Å². The van der Waals surface area contributed by atoms with Gasteiger partial charge in [0.05, 0.1) is 19.0 Å². The molecule has 4 aromatic rings. The van der Waals surface area contributed by atoms with Crippen LogP contribution < -0.4 is 10.5 Å². The van der Waals surface area contributed by atoms with E-state index in [1.165, 1.54) is 11.1 Å². The first-order valence-corrected chi connectivity index (χ1v) is 12.2. The van der Waals surface area contributed by atoms with Gasteiger partial charge in [0.25, 0.3) is 5.56 Å². The molecule has 5 nitrogen and oxygen atoms in total. The van der Waals surface area contributed by atoms with Crippen LogP contribution in [0.2, 0.25) is 5.02 Å². The zero-order chi connectivity index (χ0) is 24.5. The van der Waals surface area contributed by atoms with Crippen molar-refractivity contribution in [1.29, 1.82) is 0 Å². The van der Waals surface area contributed by atoms with E-state index in [1.54, 1.807) is 4.57 Å². The van der Waals surface area contributed by atoms with E-state index in [0.717, 1.165) is 33.1 Å². The van der Waals surface area contributed by atoms with Gasteiger partial charge in [0.15, 0.2) is 0 Å². The van der Waals surface area contributed by atoms with Crippen molar-refractivity contribution >= 4 is 23.2 Å². The van der Waals surface area contributed by atoms with Crippen molar-refractivity contribution in [1.82, 2.24) is 14.5 Å². The number of hydrogen-bond donors (Lipinski definition) is 0. The summed E-state index contributed by atoms with van der Waals surface area (Å²) in [4.78, 5) is 23.2. The molecule has 3 aromatic carbocycles. The summed E-state index contributed by atoms with van der Waals surface area (Å²) in [7, 11) is 0. The summed E-state index contributed by atoms with van der Waals surface area (Å²) in [6.07, 6.45) is 0.562. The first kappa shape index (κ1) is 23.3. The Bertz CT molecular complexity index is 1430. The standard InChI is InChI=1S/C29H29ClN4O/c1-20-13-14-25(15-21(20)2)33-18-32(17-24-11-7-8-12-27(24)30)19-34-28(35)26(22(3)31-29(33)34)16-23-9-5-4-6-10-23/h4-15H,16-19H2,1-3H3. The highest BCUT2D eigenvalue weighted by Crippen LogP contribution is 2.30. The zero-order valence-electron chi connectivity index (χ0n) is 20.3. The molecule has 1 aliphatic heterocycles. The normalized spacial score (nSPS) is 13.7. The fourth-order valence-corrected chi connectivity index (χ4v) is 4.78. The van der Waals surface area contributed by atoms with Gasteiger partial charge in [0.1, 0.15) is 0 Å². The Hall–Kier alpha value is -3.41. The van der Waals surface area contributed by atoms with E-state index in [0.29, 0.717) is 32.3 Å². The van der Waals surface area contributed by atoms with Crippen LogP contribution in [0, 0.1) is 20.8 Å². The zero-order valence-corrected chi connectivity index (χ0v) is 21.1. The molecule has 0 N–H and O–H groups in total. The van der Waals surface area contributed by atoms with Crippen molar-refractivity contribution in [3.63, 3.8) is 0 Å². The van der Waals surface area contributed by atoms with Gasteiger partial charge in [0.2, 0.25) is 5.95 Å². The van der Waals surface area contributed by atoms with Gasteiger partial charge in [-0.3, -0.25) is 19.2 Å². The molecule has 6 heteroatoms. The lowest BCUT2D eigenvalue weighted by Crippen LogP contribution is -2.47. The summed E-state index contributed by atoms with van der Waals surface area (Å²) in [6.45, 7) is 7.85. The molecule has 0 bridgehead atoms. The number of nitrogens with zero attached hydrogens (tertiary/aromatic N) is 4. The van der Waals surface area contributed by atoms with Crippen LogP contribution in [-0.2, 0) is 19.6 Å². The molecular formula is C29H29ClN4O. The predicted molar refractivity (Wildman–Crippen MR) is 142 cm³/mol. The molecule has 1 aromatic heterocycles. The van der Waals surface area contributed by atoms with Crippen molar-refractivity contribution < 1.29 is 0 Å². The lowest BCUT2D eigenvalue weighted by molar-refractivity contribution is 0.190. The summed E-state index contributed by atoms with van der Waals surface area (Å²) in [5.41, 5.74) is 7.12. The highest BCUT2D eigenvalue weighted by molar-refractivity contribution is 6.31. The van der Waals surface area contributed by atoms with E-state index in [4.69, 9.17) is 16.6 Å². The van der Waals surface area contributed by atoms with Crippen LogP contribution in [0.1, 0.15) is 33.5 Å². The van der Waals surface area contributed by atoms with Crippen LogP contribution in [0.5, 0.6) is 0 Å². The van der Waals surface area contributed by atoms with E-state index in [-0.39, 0.29) is 5.56 Å². The van der Waals surface area contributed by atoms with E-state index < -0.39 is 0 Å². The minimum Gasteiger partial charge on any atom is -0.298 e. The van der Waals surface area contributed by atoms with Gasteiger partial charge in [-0.25, -0.2) is 4.98 Å². The van der Waals surface area contributed by atoms with E-state index in [2.05, 4.69) is 41.8 Å². The smallest absolute Gasteiger partial charge is 0.259 e. The maximum Gasteiger partial charge on any atom is 0.259 e. The van der Waals surface area contributed by atoms with Crippen molar-refractivity contribution in [3.05, 3.63) is 122 Å². The molecule has 0 radical (unpaired) electrons. The predicted octanol–water partition coefficient (Wildman–Crippen LogP) is 5.98. The number of halogens is 1. The fraction of sp³-hybridized carbons (Fsp3) is 0.241. The second kappa shape index (κ2) is 9.68. The first-order chi connectivity index (χ1) is 16.9. The molecule has 5 rings (SSSR count). The third-order valence-corrected chi connectivity index (χ3v) is 7.12. The number of aromatic nitrogens is 2. The van der Waals surface area contributed by atoms with Crippen molar-refractivity contribution in [2.75, 3.05) is 11.6 Å². The Morgan fingerprint density at radius 2 is 1.63 bits per heavy atom. The van der Waals surface area contributed by atoms with Gasteiger partial charge in [-0.05, 0) is 61.2 Å². The molecule has 2 heterocycles. The molecule has 0 unspecified atom stereocenters. The topological polar surface area (TPSA) is 41.4 Å². The molecular weight excluding hydrogens is 456 g/mol. The minimum atomic E-state index is 0.00838. The van der Waals surface area contributed by atoms with Gasteiger partial charge in [-0.1, -0.05) is 66.2 Å². The lowest BCUT2D eigenvalue weighted by Gasteiger charge is -2.38. The number of benzene rings is 3. The highest BCUT2D eigenvalue weighted by atomic mass is 35.5. The van der Waals surface area contributed by atoms with Crippen molar-refractivity contribution in [2.45, 2.75) is 40.4 Å². The summed E-state index contributed by atoms with van der Waals surface area (Å²) < 4.78 is 1.81. The second-order valence-electron chi connectivity index (χ2n) is 9.27. The van der Waals surface area contributed by atoms with Crippen molar-refractivity contribution in [2.24, 2.45) is 0 Å². The van der Waals surface area contributed by atoms with Gasteiger partial charge >= 0.3 is 0 Å². The minimum absolute atomic E-state index is 0.00838. The van der Waals surface area contributed by atoms with Crippen LogP contribution in [0.15, 0.2) is 77.6 Å². The SMILES string of the molecule is Cc1ccc(N2CN(Cc3ccccc3Cl)Cn3c2nc(C)c(Cc2ccccc2)c3=O)cc1C. The number of hydrogen-bond acceptors (Lipinski definition) is 4. The van der Waals surface area contributed by atoms with Crippen LogP contribution in [-0.4, -0.2) is 21.1 Å². The number of rotatable bonds is 5. The monoisotopic (exact) mass is 484 g/mol. The molecule has 0 fully saturated rings. The molecule has 0 spiro atoms. The third kappa shape index (κ3) is 4.75. The molecule has 1 aliphatic rings. The Balaban J connectivity index is 1.60. The first-order valence-electron chi connectivity index (χ1n) is 11.9. The lowest BCUT2D eigenvalue weighted by atomic mass is 10.0. The molecule has 0 saturated carbocycles. The number of aryl methyl sites for hydroxylation is 3. The molecule has 0 atom stereocenters. The van der Waals surface area contributed by atoms with Gasteiger partial charge in [0, 0.05) is 29.2 Å². The third-order valence-electron chi connectivity index (χ3n) is 6.75. The average Bonchev–Trinajstić information content (AvgIpc) is 2.86. The number of anilines is 2. The van der Waals surface area contributed by atoms with Crippen LogP contribution >= 0.6 is 11.6 Å². The molecule has 178 valence electrons. The molecule has 0 saturated heterocycles. The molecule has 0 aliphatic carbocycles. The van der Waals surface area contributed by atoms with Gasteiger partial charge in [-0.15, -0.1) is 0 Å². The average molecular weight is 485 g/mol. The largest absolute Gasteiger partial charge is 0.298 e. The Morgan fingerprint density at radius 3 is 2.37 bits per heavy atom. The Labute approximate surface area is 211 Å². The summed E-state index contributed by atoms with van der Waals surface area (Å²) in [5, 5.41) is 0.732.